The second kappa shape index (κ2) is 11.2. The van der Waals surface area contributed by atoms with E-state index in [1.54, 1.807) is 36.4 Å². The summed E-state index contributed by atoms with van der Waals surface area (Å²) in [7, 11) is 0. The zero-order chi connectivity index (χ0) is 24.7. The van der Waals surface area contributed by atoms with Crippen LogP contribution in [0.4, 0.5) is 18.9 Å². The quantitative estimate of drug-likeness (QED) is 0.246. The van der Waals surface area contributed by atoms with E-state index in [9.17, 15) is 18.0 Å². The van der Waals surface area contributed by atoms with E-state index < -0.39 is 17.9 Å². The van der Waals surface area contributed by atoms with Crippen LogP contribution in [0.25, 0.3) is 5.70 Å². The van der Waals surface area contributed by atoms with Gasteiger partial charge in [0.1, 0.15) is 5.71 Å². The third-order valence-electron chi connectivity index (χ3n) is 4.73. The molecule has 0 fully saturated rings. The number of nitrogens with one attached hydrogen (secondary N) is 2. The predicted molar refractivity (Wildman–Crippen MR) is 129 cm³/mol. The van der Waals surface area contributed by atoms with Crippen LogP contribution in [0.2, 0.25) is 10.0 Å². The van der Waals surface area contributed by atoms with Gasteiger partial charge in [-0.1, -0.05) is 65.7 Å². The van der Waals surface area contributed by atoms with E-state index in [0.717, 1.165) is 5.56 Å². The topological polar surface area (TPSA) is 62.2 Å². The molecule has 0 aromatic heterocycles. The van der Waals surface area contributed by atoms with Crippen molar-refractivity contribution in [3.8, 4) is 0 Å². The van der Waals surface area contributed by atoms with E-state index in [0.29, 0.717) is 33.8 Å². The molecular formula is C25H19Cl2F3N2O2. The van der Waals surface area contributed by atoms with Gasteiger partial charge in [-0.05, 0) is 47.5 Å². The maximum atomic E-state index is 13.0. The number of benzene rings is 3. The van der Waals surface area contributed by atoms with Gasteiger partial charge in [-0.25, -0.2) is 4.79 Å². The summed E-state index contributed by atoms with van der Waals surface area (Å²) in [4.78, 5) is 12.4. The lowest BCUT2D eigenvalue weighted by atomic mass is 10.1. The summed E-state index contributed by atoms with van der Waals surface area (Å²) >= 11 is 12.2. The molecule has 0 atom stereocenters. The van der Waals surface area contributed by atoms with Gasteiger partial charge in [0.05, 0.1) is 22.9 Å². The summed E-state index contributed by atoms with van der Waals surface area (Å²) in [5.74, 6) is -0.578. The molecule has 3 aromatic rings. The van der Waals surface area contributed by atoms with Gasteiger partial charge < -0.3 is 10.1 Å². The molecular weight excluding hydrogens is 488 g/mol. The highest BCUT2D eigenvalue weighted by Gasteiger charge is 2.33. The first-order valence-corrected chi connectivity index (χ1v) is 10.8. The molecule has 9 heteroatoms. The fourth-order valence-corrected chi connectivity index (χ4v) is 3.36. The first kappa shape index (κ1) is 25.3. The summed E-state index contributed by atoms with van der Waals surface area (Å²) in [5, 5.41) is 11.1. The summed E-state index contributed by atoms with van der Waals surface area (Å²) in [6.07, 6.45) is -3.71. The largest absolute Gasteiger partial charge is 0.462 e. The van der Waals surface area contributed by atoms with Crippen LogP contribution < -0.4 is 5.32 Å². The van der Waals surface area contributed by atoms with E-state index >= 15 is 0 Å². The molecule has 0 amide bonds. The van der Waals surface area contributed by atoms with Crippen LogP contribution in [-0.4, -0.2) is 24.5 Å². The van der Waals surface area contributed by atoms with Crippen LogP contribution in [0.15, 0.2) is 78.9 Å². The standard InChI is InChI=1S/C25H19Cl2F3N2O2/c26-19-6-2-1-5-16(19)13-14-34-24(33)18-11-9-17(10-12-18)22(15-23(31)25(28,29)30)32-21-8-4-3-7-20(21)27/h1-12,15,31-32H,13-14H2/b22-15-,31-23?. The van der Waals surface area contributed by atoms with E-state index in [1.165, 1.54) is 24.3 Å². The number of hydrogen-bond acceptors (Lipinski definition) is 4. The molecule has 0 heterocycles. The number of esters is 1. The molecule has 0 aliphatic heterocycles. The Bertz CT molecular complexity index is 1210. The molecule has 3 rings (SSSR count). The van der Waals surface area contributed by atoms with Crippen LogP contribution in [0, 0.1) is 5.41 Å². The van der Waals surface area contributed by atoms with Crippen LogP contribution in [0.1, 0.15) is 21.5 Å². The number of anilines is 1. The number of halogens is 5. The number of hydrogen-bond donors (Lipinski definition) is 2. The third-order valence-corrected chi connectivity index (χ3v) is 5.43. The number of allylic oxidation sites excluding steroid dienone is 1. The normalized spacial score (nSPS) is 11.7. The Morgan fingerprint density at radius 2 is 1.50 bits per heavy atom. The zero-order valence-electron chi connectivity index (χ0n) is 17.6. The fourth-order valence-electron chi connectivity index (χ4n) is 2.95. The van der Waals surface area contributed by atoms with E-state index in [2.05, 4.69) is 5.32 Å². The van der Waals surface area contributed by atoms with Gasteiger partial charge in [0.15, 0.2) is 0 Å². The summed E-state index contributed by atoms with van der Waals surface area (Å²) < 4.78 is 44.2. The minimum Gasteiger partial charge on any atom is -0.462 e. The van der Waals surface area contributed by atoms with Crippen LogP contribution in [-0.2, 0) is 11.2 Å². The SMILES string of the molecule is N=C(/C=C(\Nc1ccccc1Cl)c1ccc(C(=O)OCCc2ccccc2Cl)cc1)C(F)(F)F. The molecule has 0 spiro atoms. The molecule has 0 saturated heterocycles. The van der Waals surface area contributed by atoms with Crippen molar-refractivity contribution in [1.82, 2.24) is 0 Å². The van der Waals surface area contributed by atoms with Gasteiger partial charge >= 0.3 is 12.1 Å². The van der Waals surface area contributed by atoms with Crippen molar-refractivity contribution in [2.75, 3.05) is 11.9 Å². The highest BCUT2D eigenvalue weighted by molar-refractivity contribution is 6.33. The van der Waals surface area contributed by atoms with Gasteiger partial charge in [0.2, 0.25) is 0 Å². The van der Waals surface area contributed by atoms with Crippen LogP contribution >= 0.6 is 23.2 Å². The van der Waals surface area contributed by atoms with Crippen LogP contribution in [0.5, 0.6) is 0 Å². The van der Waals surface area contributed by atoms with Gasteiger partial charge in [-0.15, -0.1) is 0 Å². The lowest BCUT2D eigenvalue weighted by Gasteiger charge is -2.15. The maximum absolute atomic E-state index is 13.0. The second-order valence-corrected chi connectivity index (χ2v) is 7.94. The number of alkyl halides is 3. The zero-order valence-corrected chi connectivity index (χ0v) is 19.1. The van der Waals surface area contributed by atoms with Crippen molar-refractivity contribution in [3.63, 3.8) is 0 Å². The number of carbonyl (C=O) groups excluding carboxylic acids is 1. The summed E-state index contributed by atoms with van der Waals surface area (Å²) in [6, 6.07) is 19.6. The van der Waals surface area contributed by atoms with Crippen molar-refractivity contribution in [2.24, 2.45) is 0 Å². The maximum Gasteiger partial charge on any atom is 0.432 e. The highest BCUT2D eigenvalue weighted by Crippen LogP contribution is 2.27. The molecule has 0 aliphatic carbocycles. The second-order valence-electron chi connectivity index (χ2n) is 7.13. The summed E-state index contributed by atoms with van der Waals surface area (Å²) in [6.45, 7) is 0.117. The number of ether oxygens (including phenoxy) is 1. The molecule has 176 valence electrons. The van der Waals surface area contributed by atoms with Gasteiger partial charge in [0.25, 0.3) is 0 Å². The molecule has 34 heavy (non-hydrogen) atoms. The highest BCUT2D eigenvalue weighted by atomic mass is 35.5. The molecule has 0 aliphatic rings. The molecule has 4 nitrogen and oxygen atoms in total. The van der Waals surface area contributed by atoms with Crippen molar-refractivity contribution < 1.29 is 22.7 Å². The van der Waals surface area contributed by atoms with Crippen molar-refractivity contribution in [2.45, 2.75) is 12.6 Å². The molecule has 0 unspecified atom stereocenters. The molecule has 2 N–H and O–H groups in total. The molecule has 0 saturated carbocycles. The lowest BCUT2D eigenvalue weighted by molar-refractivity contribution is -0.0583. The minimum atomic E-state index is -4.82. The number of rotatable bonds is 8. The Kier molecular flexibility index (Phi) is 8.36. The van der Waals surface area contributed by atoms with Crippen molar-refractivity contribution in [1.29, 1.82) is 5.41 Å². The minimum absolute atomic E-state index is 0.00550. The summed E-state index contributed by atoms with van der Waals surface area (Å²) in [5.41, 5.74) is 0.222. The lowest BCUT2D eigenvalue weighted by Crippen LogP contribution is -2.20. The number of para-hydroxylation sites is 1. The van der Waals surface area contributed by atoms with Crippen molar-refractivity contribution in [3.05, 3.63) is 106 Å². The molecule has 3 aromatic carbocycles. The predicted octanol–water partition coefficient (Wildman–Crippen LogP) is 7.43. The monoisotopic (exact) mass is 506 g/mol. The Hall–Kier alpha value is -3.29. The molecule has 0 radical (unpaired) electrons. The Morgan fingerprint density at radius 1 is 0.912 bits per heavy atom. The first-order valence-electron chi connectivity index (χ1n) is 10.0. The average Bonchev–Trinajstić information content (AvgIpc) is 2.80. The van der Waals surface area contributed by atoms with E-state index in [-0.39, 0.29) is 17.9 Å². The fraction of sp³-hybridized carbons (Fsp3) is 0.120. The first-order chi connectivity index (χ1) is 16.1. The van der Waals surface area contributed by atoms with Gasteiger partial charge in [-0.2, -0.15) is 13.2 Å². The van der Waals surface area contributed by atoms with Gasteiger partial charge in [0, 0.05) is 17.1 Å². The Balaban J connectivity index is 1.75. The number of carbonyl (C=O) groups is 1. The smallest absolute Gasteiger partial charge is 0.432 e. The Morgan fingerprint density at radius 3 is 2.12 bits per heavy atom. The molecule has 0 bridgehead atoms. The third kappa shape index (κ3) is 6.85. The van der Waals surface area contributed by atoms with Crippen LogP contribution in [0.3, 0.4) is 0 Å². The van der Waals surface area contributed by atoms with Gasteiger partial charge in [-0.3, -0.25) is 5.41 Å². The van der Waals surface area contributed by atoms with E-state index in [4.69, 9.17) is 33.3 Å². The Labute approximate surface area is 204 Å². The average molecular weight is 507 g/mol. The van der Waals surface area contributed by atoms with Crippen molar-refractivity contribution >= 4 is 46.3 Å². The van der Waals surface area contributed by atoms with E-state index in [1.807, 2.05) is 12.1 Å².